The number of hydrogen-bond donors (Lipinski definition) is 1. The van der Waals surface area contributed by atoms with Crippen LogP contribution in [0.25, 0.3) is 10.1 Å². The van der Waals surface area contributed by atoms with Crippen molar-refractivity contribution in [3.63, 3.8) is 0 Å². The summed E-state index contributed by atoms with van der Waals surface area (Å²) >= 11 is 1.42. The fourth-order valence-electron chi connectivity index (χ4n) is 2.18. The molecule has 2 aromatic heterocycles. The van der Waals surface area contributed by atoms with Gasteiger partial charge < -0.3 is 10.6 Å². The minimum atomic E-state index is 0.0149. The third-order valence-electron chi connectivity index (χ3n) is 3.30. The molecule has 1 aliphatic carbocycles. The van der Waals surface area contributed by atoms with E-state index in [9.17, 15) is 4.79 Å². The van der Waals surface area contributed by atoms with E-state index in [1.807, 2.05) is 11.0 Å². The van der Waals surface area contributed by atoms with E-state index in [0.717, 1.165) is 22.9 Å². The number of nitrogens with zero attached hydrogens (tertiary/aromatic N) is 2. The second-order valence-corrected chi connectivity index (χ2v) is 5.75. The normalized spacial score (nSPS) is 14.5. The van der Waals surface area contributed by atoms with E-state index in [4.69, 9.17) is 5.73 Å². The van der Waals surface area contributed by atoms with Crippen molar-refractivity contribution in [3.8, 4) is 0 Å². The van der Waals surface area contributed by atoms with E-state index in [1.54, 1.807) is 18.5 Å². The van der Waals surface area contributed by atoms with Crippen LogP contribution in [0.15, 0.2) is 31.1 Å². The maximum atomic E-state index is 12.6. The van der Waals surface area contributed by atoms with E-state index in [1.165, 1.54) is 11.3 Å². The van der Waals surface area contributed by atoms with Crippen LogP contribution in [-0.4, -0.2) is 28.4 Å². The lowest BCUT2D eigenvalue weighted by Crippen LogP contribution is -2.33. The molecule has 1 aliphatic rings. The predicted octanol–water partition coefficient (Wildman–Crippen LogP) is 2.67. The summed E-state index contributed by atoms with van der Waals surface area (Å²) in [6.07, 6.45) is 7.36. The van der Waals surface area contributed by atoms with Crippen molar-refractivity contribution >= 4 is 33.0 Å². The third-order valence-corrected chi connectivity index (χ3v) is 4.44. The Labute approximate surface area is 115 Å². The van der Waals surface area contributed by atoms with Gasteiger partial charge in [0.2, 0.25) is 0 Å². The Kier molecular flexibility index (Phi) is 2.98. The molecular weight excluding hydrogens is 258 g/mol. The molecule has 1 amide bonds. The Bertz CT molecular complexity index is 645. The number of amides is 1. The highest BCUT2D eigenvalue weighted by Crippen LogP contribution is 2.36. The van der Waals surface area contributed by atoms with Crippen LogP contribution in [0.4, 0.5) is 5.69 Å². The van der Waals surface area contributed by atoms with E-state index < -0.39 is 0 Å². The number of fused-ring (bicyclic) bond motifs is 1. The highest BCUT2D eigenvalue weighted by molar-refractivity contribution is 7.21. The summed E-state index contributed by atoms with van der Waals surface area (Å²) in [5.74, 6) is 0.0149. The van der Waals surface area contributed by atoms with Gasteiger partial charge in [0.15, 0.2) is 0 Å². The van der Waals surface area contributed by atoms with E-state index >= 15 is 0 Å². The Morgan fingerprint density at radius 1 is 1.63 bits per heavy atom. The van der Waals surface area contributed by atoms with Crippen LogP contribution in [-0.2, 0) is 0 Å². The molecule has 0 spiro atoms. The zero-order valence-corrected chi connectivity index (χ0v) is 11.3. The van der Waals surface area contributed by atoms with Gasteiger partial charge in [0.05, 0.1) is 10.4 Å². The zero-order chi connectivity index (χ0) is 13.4. The summed E-state index contributed by atoms with van der Waals surface area (Å²) in [7, 11) is 0. The number of nitrogen functional groups attached to an aromatic ring is 1. The van der Waals surface area contributed by atoms with Gasteiger partial charge in [0.1, 0.15) is 4.88 Å². The summed E-state index contributed by atoms with van der Waals surface area (Å²) < 4.78 is 0.956. The van der Waals surface area contributed by atoms with Crippen LogP contribution in [0.3, 0.4) is 0 Å². The molecule has 0 aromatic carbocycles. The molecule has 4 nitrogen and oxygen atoms in total. The molecule has 0 saturated heterocycles. The van der Waals surface area contributed by atoms with E-state index in [-0.39, 0.29) is 5.91 Å². The zero-order valence-electron chi connectivity index (χ0n) is 10.5. The first kappa shape index (κ1) is 12.2. The lowest BCUT2D eigenvalue weighted by molar-refractivity contribution is 0.0768. The summed E-state index contributed by atoms with van der Waals surface area (Å²) in [5.41, 5.74) is 6.68. The number of rotatable bonds is 4. The highest BCUT2D eigenvalue weighted by Gasteiger charge is 2.33. The maximum Gasteiger partial charge on any atom is 0.266 e. The number of pyridine rings is 1. The van der Waals surface area contributed by atoms with Crippen molar-refractivity contribution in [2.75, 3.05) is 12.3 Å². The molecule has 1 fully saturated rings. The quantitative estimate of drug-likeness (QED) is 0.871. The predicted molar refractivity (Wildman–Crippen MR) is 78.3 cm³/mol. The maximum absolute atomic E-state index is 12.6. The van der Waals surface area contributed by atoms with Gasteiger partial charge in [-0.1, -0.05) is 6.08 Å². The smallest absolute Gasteiger partial charge is 0.266 e. The summed E-state index contributed by atoms with van der Waals surface area (Å²) in [4.78, 5) is 19.1. The molecule has 0 atom stereocenters. The van der Waals surface area contributed by atoms with Gasteiger partial charge in [0.25, 0.3) is 5.91 Å². The SMILES string of the molecule is C=CCN(C(=O)c1sc2cnccc2c1N)C1CC1. The van der Waals surface area contributed by atoms with Gasteiger partial charge in [-0.05, 0) is 18.9 Å². The molecule has 98 valence electrons. The molecule has 1 saturated carbocycles. The Balaban J connectivity index is 2.00. The number of carbonyl (C=O) groups excluding carboxylic acids is 1. The molecule has 2 N–H and O–H groups in total. The highest BCUT2D eigenvalue weighted by atomic mass is 32.1. The second kappa shape index (κ2) is 4.66. The van der Waals surface area contributed by atoms with Gasteiger partial charge in [-0.2, -0.15) is 0 Å². The van der Waals surface area contributed by atoms with Crippen LogP contribution in [0.2, 0.25) is 0 Å². The van der Waals surface area contributed by atoms with Crippen LogP contribution < -0.4 is 5.73 Å². The topological polar surface area (TPSA) is 59.2 Å². The van der Waals surface area contributed by atoms with E-state index in [2.05, 4.69) is 11.6 Å². The number of hydrogen-bond acceptors (Lipinski definition) is 4. The van der Waals surface area contributed by atoms with E-state index in [0.29, 0.717) is 23.2 Å². The molecule has 0 radical (unpaired) electrons. The molecule has 0 unspecified atom stereocenters. The Hall–Kier alpha value is -1.88. The fraction of sp³-hybridized carbons (Fsp3) is 0.286. The second-order valence-electron chi connectivity index (χ2n) is 4.69. The minimum absolute atomic E-state index is 0.0149. The molecule has 19 heavy (non-hydrogen) atoms. The van der Waals surface area contributed by atoms with Crippen molar-refractivity contribution in [3.05, 3.63) is 36.0 Å². The third kappa shape index (κ3) is 2.10. The van der Waals surface area contributed by atoms with Gasteiger partial charge in [-0.15, -0.1) is 17.9 Å². The lowest BCUT2D eigenvalue weighted by Gasteiger charge is -2.20. The van der Waals surface area contributed by atoms with Gasteiger partial charge in [0, 0.05) is 30.4 Å². The van der Waals surface area contributed by atoms with Crippen LogP contribution in [0.1, 0.15) is 22.5 Å². The average molecular weight is 273 g/mol. The molecule has 5 heteroatoms. The van der Waals surface area contributed by atoms with Gasteiger partial charge in [-0.25, -0.2) is 0 Å². The number of thiophene rings is 1. The van der Waals surface area contributed by atoms with Crippen LogP contribution in [0, 0.1) is 0 Å². The first-order chi connectivity index (χ1) is 9.22. The standard InChI is InChI=1S/C14H15N3OS/c1-2-7-17(9-3-4-9)14(18)13-12(15)10-5-6-16-8-11(10)19-13/h2,5-6,8-9H,1,3-4,7,15H2. The molecule has 0 aliphatic heterocycles. The first-order valence-corrected chi connectivity index (χ1v) is 7.08. The average Bonchev–Trinajstić information content (AvgIpc) is 3.21. The van der Waals surface area contributed by atoms with Crippen molar-refractivity contribution in [1.82, 2.24) is 9.88 Å². The Morgan fingerprint density at radius 2 is 2.42 bits per heavy atom. The van der Waals surface area contributed by atoms with Crippen molar-refractivity contribution in [2.24, 2.45) is 0 Å². The number of nitrogens with two attached hydrogens (primary N) is 1. The van der Waals surface area contributed by atoms with Crippen LogP contribution in [0.5, 0.6) is 0 Å². The summed E-state index contributed by atoms with van der Waals surface area (Å²) in [5, 5.41) is 0.915. The summed E-state index contributed by atoms with van der Waals surface area (Å²) in [6.45, 7) is 4.30. The number of anilines is 1. The summed E-state index contributed by atoms with van der Waals surface area (Å²) in [6, 6.07) is 2.21. The Morgan fingerprint density at radius 3 is 3.05 bits per heavy atom. The fourth-order valence-corrected chi connectivity index (χ4v) is 3.23. The van der Waals surface area contributed by atoms with Gasteiger partial charge >= 0.3 is 0 Å². The first-order valence-electron chi connectivity index (χ1n) is 6.26. The minimum Gasteiger partial charge on any atom is -0.397 e. The molecule has 0 bridgehead atoms. The molecular formula is C14H15N3OS. The van der Waals surface area contributed by atoms with Crippen LogP contribution >= 0.6 is 11.3 Å². The van der Waals surface area contributed by atoms with Gasteiger partial charge in [-0.3, -0.25) is 9.78 Å². The molecule has 2 heterocycles. The number of aromatic nitrogens is 1. The number of carbonyl (C=O) groups is 1. The van der Waals surface area contributed by atoms with Crippen molar-refractivity contribution in [2.45, 2.75) is 18.9 Å². The molecule has 3 rings (SSSR count). The molecule has 2 aromatic rings. The monoisotopic (exact) mass is 273 g/mol. The largest absolute Gasteiger partial charge is 0.397 e. The lowest BCUT2D eigenvalue weighted by atomic mass is 10.2. The van der Waals surface area contributed by atoms with Crippen molar-refractivity contribution < 1.29 is 4.79 Å². The van der Waals surface area contributed by atoms with Crippen molar-refractivity contribution in [1.29, 1.82) is 0 Å².